The van der Waals surface area contributed by atoms with Gasteiger partial charge >= 0.3 is 0 Å². The van der Waals surface area contributed by atoms with Crippen molar-refractivity contribution in [2.75, 3.05) is 37.3 Å². The zero-order valence-corrected chi connectivity index (χ0v) is 21.6. The van der Waals surface area contributed by atoms with Gasteiger partial charge in [-0.05, 0) is 49.5 Å². The molecule has 0 unspecified atom stereocenters. The van der Waals surface area contributed by atoms with E-state index in [0.29, 0.717) is 29.3 Å². The lowest BCUT2D eigenvalue weighted by Gasteiger charge is -2.24. The Kier molecular flexibility index (Phi) is 9.03. The van der Waals surface area contributed by atoms with Gasteiger partial charge in [0, 0.05) is 29.4 Å². The summed E-state index contributed by atoms with van der Waals surface area (Å²) in [6.07, 6.45) is 1.17. The summed E-state index contributed by atoms with van der Waals surface area (Å²) in [6, 6.07) is 12.3. The topological polar surface area (TPSA) is 70.6 Å². The lowest BCUT2D eigenvalue weighted by atomic mass is 10.2. The largest absolute Gasteiger partial charge is 0.302 e. The molecule has 0 aliphatic heterocycles. The van der Waals surface area contributed by atoms with Crippen LogP contribution in [0.5, 0.6) is 0 Å². The van der Waals surface area contributed by atoms with Crippen LogP contribution in [-0.2, 0) is 9.84 Å². The molecule has 1 aromatic heterocycles. The lowest BCUT2D eigenvalue weighted by Crippen LogP contribution is -2.38. The van der Waals surface area contributed by atoms with E-state index in [1.807, 2.05) is 18.2 Å². The van der Waals surface area contributed by atoms with E-state index in [1.165, 1.54) is 17.6 Å². The van der Waals surface area contributed by atoms with Crippen molar-refractivity contribution < 1.29 is 13.2 Å². The molecule has 6 nitrogen and oxygen atoms in total. The maximum atomic E-state index is 13.3. The summed E-state index contributed by atoms with van der Waals surface area (Å²) in [5.74, 6) is -0.158. The summed E-state index contributed by atoms with van der Waals surface area (Å²) in [6.45, 7) is 7.10. The second-order valence-electron chi connectivity index (χ2n) is 6.86. The standard InChI is InChI=1S/C21H24BrN3O3S2.ClH/c1-4-24(5-2)13-14-25(20(26)15-9-11-16(22)12-10-15)21-23-19-17(29-21)7-6-8-18(19)30(3,27)28;/h6-12H,4-5,13-14H2,1-3H3;1H. The van der Waals surface area contributed by atoms with E-state index in [-0.39, 0.29) is 23.2 Å². The quantitative estimate of drug-likeness (QED) is 0.403. The van der Waals surface area contributed by atoms with E-state index in [1.54, 1.807) is 29.2 Å². The predicted octanol–water partition coefficient (Wildman–Crippen LogP) is 4.87. The zero-order valence-electron chi connectivity index (χ0n) is 17.5. The fourth-order valence-electron chi connectivity index (χ4n) is 3.14. The molecule has 0 N–H and O–H groups in total. The molecule has 0 aliphatic rings. The monoisotopic (exact) mass is 545 g/mol. The smallest absolute Gasteiger partial charge is 0.260 e. The number of thiazole rings is 1. The summed E-state index contributed by atoms with van der Waals surface area (Å²) in [5.41, 5.74) is 0.969. The maximum Gasteiger partial charge on any atom is 0.260 e. The van der Waals surface area contributed by atoms with Crippen LogP contribution in [0.15, 0.2) is 51.8 Å². The number of carbonyl (C=O) groups excluding carboxylic acids is 1. The van der Waals surface area contributed by atoms with E-state index in [0.717, 1.165) is 22.3 Å². The van der Waals surface area contributed by atoms with Crippen LogP contribution in [0, 0.1) is 0 Å². The van der Waals surface area contributed by atoms with Gasteiger partial charge in [-0.1, -0.05) is 47.2 Å². The van der Waals surface area contributed by atoms with Gasteiger partial charge in [0.15, 0.2) is 15.0 Å². The van der Waals surface area contributed by atoms with Gasteiger partial charge in [0.25, 0.3) is 5.91 Å². The number of benzene rings is 2. The third kappa shape index (κ3) is 6.04. The van der Waals surface area contributed by atoms with E-state index in [4.69, 9.17) is 0 Å². The van der Waals surface area contributed by atoms with Crippen LogP contribution >= 0.6 is 39.7 Å². The molecule has 0 spiro atoms. The Hall–Kier alpha value is -1.52. The average Bonchev–Trinajstić information content (AvgIpc) is 3.14. The molecular weight excluding hydrogens is 522 g/mol. The van der Waals surface area contributed by atoms with Gasteiger partial charge in [-0.25, -0.2) is 13.4 Å². The van der Waals surface area contributed by atoms with Crippen LogP contribution in [0.1, 0.15) is 24.2 Å². The molecule has 0 aliphatic carbocycles. The van der Waals surface area contributed by atoms with Crippen LogP contribution in [-0.4, -0.2) is 56.6 Å². The minimum Gasteiger partial charge on any atom is -0.302 e. The number of sulfone groups is 1. The number of halogens is 2. The van der Waals surface area contributed by atoms with E-state index in [9.17, 15) is 13.2 Å². The Morgan fingerprint density at radius 1 is 1.06 bits per heavy atom. The minimum absolute atomic E-state index is 0. The van der Waals surface area contributed by atoms with Crippen molar-refractivity contribution in [1.29, 1.82) is 0 Å². The van der Waals surface area contributed by atoms with Crippen molar-refractivity contribution in [2.45, 2.75) is 18.7 Å². The normalized spacial score (nSPS) is 11.5. The molecular formula is C21H25BrClN3O3S2. The van der Waals surface area contributed by atoms with Crippen molar-refractivity contribution in [3.63, 3.8) is 0 Å². The molecule has 0 atom stereocenters. The number of amides is 1. The Balaban J connectivity index is 0.00000341. The number of hydrogen-bond acceptors (Lipinski definition) is 6. The van der Waals surface area contributed by atoms with Crippen molar-refractivity contribution in [2.24, 2.45) is 0 Å². The number of para-hydroxylation sites is 1. The number of fused-ring (bicyclic) bond motifs is 1. The Bertz CT molecular complexity index is 1150. The maximum absolute atomic E-state index is 13.3. The van der Waals surface area contributed by atoms with Gasteiger partial charge in [0.2, 0.25) is 0 Å². The first kappa shape index (κ1) is 25.7. The second-order valence-corrected chi connectivity index (χ2v) is 10.8. The van der Waals surface area contributed by atoms with Crippen molar-refractivity contribution in [3.8, 4) is 0 Å². The fraction of sp³-hybridized carbons (Fsp3) is 0.333. The van der Waals surface area contributed by atoms with Crippen LogP contribution in [0.25, 0.3) is 10.2 Å². The number of carbonyl (C=O) groups is 1. The Morgan fingerprint density at radius 2 is 1.71 bits per heavy atom. The molecule has 10 heteroatoms. The van der Waals surface area contributed by atoms with Crippen LogP contribution in [0.4, 0.5) is 5.13 Å². The van der Waals surface area contributed by atoms with Gasteiger partial charge in [-0.3, -0.25) is 9.69 Å². The van der Waals surface area contributed by atoms with Gasteiger partial charge in [-0.2, -0.15) is 0 Å². The van der Waals surface area contributed by atoms with Gasteiger partial charge in [0.05, 0.1) is 9.60 Å². The Labute approximate surface area is 201 Å². The first-order valence-corrected chi connectivity index (χ1v) is 13.1. The predicted molar refractivity (Wildman–Crippen MR) is 134 cm³/mol. The van der Waals surface area contributed by atoms with Crippen molar-refractivity contribution in [1.82, 2.24) is 9.88 Å². The first-order chi connectivity index (χ1) is 14.2. The Morgan fingerprint density at radius 3 is 2.29 bits per heavy atom. The minimum atomic E-state index is -3.43. The molecule has 31 heavy (non-hydrogen) atoms. The molecule has 0 saturated heterocycles. The van der Waals surface area contributed by atoms with E-state index < -0.39 is 9.84 Å². The van der Waals surface area contributed by atoms with Gasteiger partial charge in [-0.15, -0.1) is 12.4 Å². The average molecular weight is 547 g/mol. The van der Waals surface area contributed by atoms with Gasteiger partial charge < -0.3 is 4.90 Å². The lowest BCUT2D eigenvalue weighted by molar-refractivity contribution is 0.0983. The first-order valence-electron chi connectivity index (χ1n) is 9.64. The number of rotatable bonds is 8. The molecule has 3 aromatic rings. The molecule has 0 fully saturated rings. The van der Waals surface area contributed by atoms with Crippen molar-refractivity contribution >= 4 is 70.8 Å². The zero-order chi connectivity index (χ0) is 21.9. The van der Waals surface area contributed by atoms with Crippen LogP contribution < -0.4 is 4.90 Å². The molecule has 168 valence electrons. The fourth-order valence-corrected chi connectivity index (χ4v) is 5.32. The summed E-state index contributed by atoms with van der Waals surface area (Å²) < 4.78 is 26.0. The van der Waals surface area contributed by atoms with Gasteiger partial charge in [0.1, 0.15) is 5.52 Å². The highest BCUT2D eigenvalue weighted by molar-refractivity contribution is 9.10. The molecule has 2 aromatic carbocycles. The highest BCUT2D eigenvalue weighted by atomic mass is 79.9. The third-order valence-electron chi connectivity index (χ3n) is 4.87. The number of likely N-dealkylation sites (N-methyl/N-ethyl adjacent to an activating group) is 1. The van der Waals surface area contributed by atoms with E-state index in [2.05, 4.69) is 39.7 Å². The number of hydrogen-bond donors (Lipinski definition) is 0. The SMILES string of the molecule is CCN(CC)CCN(C(=O)c1ccc(Br)cc1)c1nc2c(S(C)(=O)=O)cccc2s1.Cl. The summed E-state index contributed by atoms with van der Waals surface area (Å²) in [7, 11) is -3.43. The third-order valence-corrected chi connectivity index (χ3v) is 7.57. The molecule has 1 amide bonds. The molecule has 1 heterocycles. The van der Waals surface area contributed by atoms with Crippen LogP contribution in [0.2, 0.25) is 0 Å². The summed E-state index contributed by atoms with van der Waals surface area (Å²) in [4.78, 5) is 22.0. The summed E-state index contributed by atoms with van der Waals surface area (Å²) in [5, 5.41) is 0.501. The number of aromatic nitrogens is 1. The molecule has 0 saturated carbocycles. The highest BCUT2D eigenvalue weighted by Crippen LogP contribution is 2.33. The molecule has 0 bridgehead atoms. The molecule has 3 rings (SSSR count). The molecule has 0 radical (unpaired) electrons. The highest BCUT2D eigenvalue weighted by Gasteiger charge is 2.24. The number of anilines is 1. The summed E-state index contributed by atoms with van der Waals surface area (Å²) >= 11 is 4.73. The van der Waals surface area contributed by atoms with Crippen molar-refractivity contribution in [3.05, 3.63) is 52.5 Å². The second kappa shape index (κ2) is 10.9. The van der Waals surface area contributed by atoms with Crippen LogP contribution in [0.3, 0.4) is 0 Å². The number of nitrogens with zero attached hydrogens (tertiary/aromatic N) is 3. The van der Waals surface area contributed by atoms with E-state index >= 15 is 0 Å².